The molecule has 1 aliphatic rings. The Balaban J connectivity index is 2.13. The number of piperidine rings is 1. The number of benzene rings is 1. The molecule has 1 heterocycles. The summed E-state index contributed by atoms with van der Waals surface area (Å²) in [7, 11) is 0. The molecule has 1 fully saturated rings. The molecule has 2 rings (SSSR count). The monoisotopic (exact) mass is 331 g/mol. The van der Waals surface area contributed by atoms with Crippen LogP contribution in [0.1, 0.15) is 52.0 Å². The van der Waals surface area contributed by atoms with Gasteiger partial charge in [-0.1, -0.05) is 57.5 Å². The normalized spacial score (nSPS) is 18.4. The van der Waals surface area contributed by atoms with Crippen LogP contribution in [0.5, 0.6) is 0 Å². The fraction of sp³-hybridized carbons (Fsp3) is 0.600. The lowest BCUT2D eigenvalue weighted by atomic mass is 9.72. The summed E-state index contributed by atoms with van der Waals surface area (Å²) in [6, 6.07) is 9.44. The van der Waals surface area contributed by atoms with Gasteiger partial charge in [-0.25, -0.2) is 0 Å². The first-order chi connectivity index (χ1) is 11.4. The molecule has 1 N–H and O–H groups in total. The number of aliphatic carboxylic acids is 1. The number of amides is 1. The summed E-state index contributed by atoms with van der Waals surface area (Å²) >= 11 is 0. The number of nitrogens with zero attached hydrogens (tertiary/aromatic N) is 1. The SMILES string of the molecule is CCCC(C(=O)N1CCC(C(=O)O)(c2ccccc2)CC1)C(C)C. The summed E-state index contributed by atoms with van der Waals surface area (Å²) in [4.78, 5) is 26.7. The van der Waals surface area contributed by atoms with Crippen LogP contribution in [0.2, 0.25) is 0 Å². The number of carbonyl (C=O) groups is 2. The molecule has 0 spiro atoms. The van der Waals surface area contributed by atoms with Gasteiger partial charge in [-0.2, -0.15) is 0 Å². The van der Waals surface area contributed by atoms with E-state index in [9.17, 15) is 14.7 Å². The number of hydrogen-bond donors (Lipinski definition) is 1. The Morgan fingerprint density at radius 1 is 1.17 bits per heavy atom. The number of likely N-dealkylation sites (tertiary alicyclic amines) is 1. The lowest BCUT2D eigenvalue weighted by Crippen LogP contribution is -2.50. The second kappa shape index (κ2) is 7.82. The van der Waals surface area contributed by atoms with Crippen molar-refractivity contribution < 1.29 is 14.7 Å². The van der Waals surface area contributed by atoms with Gasteiger partial charge in [-0.05, 0) is 30.7 Å². The zero-order valence-corrected chi connectivity index (χ0v) is 15.0. The average molecular weight is 331 g/mol. The van der Waals surface area contributed by atoms with Gasteiger partial charge in [0.15, 0.2) is 0 Å². The molecule has 132 valence electrons. The molecule has 1 unspecified atom stereocenters. The fourth-order valence-corrected chi connectivity index (χ4v) is 3.78. The summed E-state index contributed by atoms with van der Waals surface area (Å²) in [5.41, 5.74) is -0.0191. The van der Waals surface area contributed by atoms with Crippen LogP contribution in [0.25, 0.3) is 0 Å². The van der Waals surface area contributed by atoms with Gasteiger partial charge >= 0.3 is 5.97 Å². The predicted molar refractivity (Wildman–Crippen MR) is 94.8 cm³/mol. The van der Waals surface area contributed by atoms with Gasteiger partial charge in [0.1, 0.15) is 0 Å². The quantitative estimate of drug-likeness (QED) is 0.864. The van der Waals surface area contributed by atoms with E-state index in [2.05, 4.69) is 20.8 Å². The second-order valence-corrected chi connectivity index (χ2v) is 7.22. The van der Waals surface area contributed by atoms with E-state index in [0.29, 0.717) is 31.8 Å². The largest absolute Gasteiger partial charge is 0.481 e. The van der Waals surface area contributed by atoms with E-state index in [0.717, 1.165) is 18.4 Å². The lowest BCUT2D eigenvalue weighted by Gasteiger charge is -2.40. The van der Waals surface area contributed by atoms with Crippen LogP contribution in [-0.4, -0.2) is 35.0 Å². The molecule has 0 saturated carbocycles. The Bertz CT molecular complexity index is 560. The lowest BCUT2D eigenvalue weighted by molar-refractivity contribution is -0.149. The van der Waals surface area contributed by atoms with E-state index in [1.54, 1.807) is 0 Å². The minimum atomic E-state index is -0.865. The van der Waals surface area contributed by atoms with Crippen LogP contribution in [0.4, 0.5) is 0 Å². The third kappa shape index (κ3) is 3.63. The van der Waals surface area contributed by atoms with Crippen molar-refractivity contribution in [3.63, 3.8) is 0 Å². The molecule has 1 aromatic carbocycles. The third-order valence-corrected chi connectivity index (χ3v) is 5.39. The standard InChI is InChI=1S/C20H29NO3/c1-4-8-17(15(2)3)18(22)21-13-11-20(12-14-21,19(23)24)16-9-6-5-7-10-16/h5-7,9-10,15,17H,4,8,11-14H2,1-3H3,(H,23,24). The number of carboxylic acid groups (broad SMARTS) is 1. The highest BCUT2D eigenvalue weighted by Gasteiger charge is 2.44. The molecule has 1 amide bonds. The van der Waals surface area contributed by atoms with Gasteiger partial charge in [0.25, 0.3) is 0 Å². The van der Waals surface area contributed by atoms with E-state index in [1.807, 2.05) is 35.2 Å². The van der Waals surface area contributed by atoms with Gasteiger partial charge in [0.05, 0.1) is 5.41 Å². The summed E-state index contributed by atoms with van der Waals surface area (Å²) in [6.45, 7) is 7.32. The zero-order valence-electron chi connectivity index (χ0n) is 15.0. The van der Waals surface area contributed by atoms with Crippen molar-refractivity contribution in [2.75, 3.05) is 13.1 Å². The number of carboxylic acids is 1. The molecule has 1 aliphatic heterocycles. The van der Waals surface area contributed by atoms with Gasteiger partial charge in [0.2, 0.25) is 5.91 Å². The van der Waals surface area contributed by atoms with Crippen molar-refractivity contribution in [2.24, 2.45) is 11.8 Å². The van der Waals surface area contributed by atoms with E-state index in [4.69, 9.17) is 0 Å². The first kappa shape index (κ1) is 18.5. The smallest absolute Gasteiger partial charge is 0.314 e. The minimum Gasteiger partial charge on any atom is -0.481 e. The molecule has 1 aromatic rings. The maximum atomic E-state index is 12.8. The molecule has 24 heavy (non-hydrogen) atoms. The molecular formula is C20H29NO3. The molecule has 0 aromatic heterocycles. The number of carbonyl (C=O) groups excluding carboxylic acids is 1. The van der Waals surface area contributed by atoms with E-state index in [1.165, 1.54) is 0 Å². The van der Waals surface area contributed by atoms with E-state index >= 15 is 0 Å². The maximum Gasteiger partial charge on any atom is 0.314 e. The summed E-state index contributed by atoms with van der Waals surface area (Å²) in [5.74, 6) is -0.226. The van der Waals surface area contributed by atoms with Gasteiger partial charge in [0, 0.05) is 19.0 Å². The Kier molecular flexibility index (Phi) is 6.03. The van der Waals surface area contributed by atoms with Crippen LogP contribution >= 0.6 is 0 Å². The highest BCUT2D eigenvalue weighted by Crippen LogP contribution is 2.36. The molecule has 4 heteroatoms. The van der Waals surface area contributed by atoms with E-state index < -0.39 is 11.4 Å². The highest BCUT2D eigenvalue weighted by molar-refractivity contribution is 5.83. The van der Waals surface area contributed by atoms with Gasteiger partial charge < -0.3 is 10.0 Å². The molecular weight excluding hydrogens is 302 g/mol. The fourth-order valence-electron chi connectivity index (χ4n) is 3.78. The summed E-state index contributed by atoms with van der Waals surface area (Å²) < 4.78 is 0. The predicted octanol–water partition coefficient (Wildman–Crippen LogP) is 3.70. The van der Waals surface area contributed by atoms with Crippen LogP contribution in [-0.2, 0) is 15.0 Å². The van der Waals surface area contributed by atoms with Crippen molar-refractivity contribution in [2.45, 2.75) is 51.9 Å². The van der Waals surface area contributed by atoms with Crippen molar-refractivity contribution in [1.29, 1.82) is 0 Å². The van der Waals surface area contributed by atoms with Crippen LogP contribution in [0, 0.1) is 11.8 Å². The molecule has 0 aliphatic carbocycles. The molecule has 0 radical (unpaired) electrons. The number of rotatable bonds is 6. The van der Waals surface area contributed by atoms with Crippen molar-refractivity contribution >= 4 is 11.9 Å². The van der Waals surface area contributed by atoms with Crippen LogP contribution in [0.3, 0.4) is 0 Å². The first-order valence-electron chi connectivity index (χ1n) is 9.00. The van der Waals surface area contributed by atoms with Gasteiger partial charge in [-0.15, -0.1) is 0 Å². The zero-order chi connectivity index (χ0) is 17.7. The summed E-state index contributed by atoms with van der Waals surface area (Å²) in [6.07, 6.45) is 2.85. The average Bonchev–Trinajstić information content (AvgIpc) is 2.59. The van der Waals surface area contributed by atoms with Crippen molar-refractivity contribution in [3.05, 3.63) is 35.9 Å². The molecule has 4 nitrogen and oxygen atoms in total. The maximum absolute atomic E-state index is 12.8. The minimum absolute atomic E-state index is 0.0454. The first-order valence-corrected chi connectivity index (χ1v) is 9.00. The Morgan fingerprint density at radius 3 is 2.21 bits per heavy atom. The number of hydrogen-bond acceptors (Lipinski definition) is 2. The van der Waals surface area contributed by atoms with Crippen molar-refractivity contribution in [3.8, 4) is 0 Å². The molecule has 1 atom stereocenters. The summed E-state index contributed by atoms with van der Waals surface area (Å²) in [5, 5.41) is 9.85. The van der Waals surface area contributed by atoms with E-state index in [-0.39, 0.29) is 11.8 Å². The highest BCUT2D eigenvalue weighted by atomic mass is 16.4. The Hall–Kier alpha value is -1.84. The molecule has 0 bridgehead atoms. The van der Waals surface area contributed by atoms with Gasteiger partial charge in [-0.3, -0.25) is 9.59 Å². The van der Waals surface area contributed by atoms with Crippen molar-refractivity contribution in [1.82, 2.24) is 4.90 Å². The van der Waals surface area contributed by atoms with Crippen LogP contribution < -0.4 is 0 Å². The second-order valence-electron chi connectivity index (χ2n) is 7.22. The Labute approximate surface area is 144 Å². The molecule has 1 saturated heterocycles. The van der Waals surface area contributed by atoms with Crippen LogP contribution in [0.15, 0.2) is 30.3 Å². The third-order valence-electron chi connectivity index (χ3n) is 5.39. The topological polar surface area (TPSA) is 57.6 Å². The Morgan fingerprint density at radius 2 is 1.75 bits per heavy atom.